The van der Waals surface area contributed by atoms with Crippen molar-refractivity contribution in [2.24, 2.45) is 0 Å². The molecule has 2 aromatic carbocycles. The van der Waals surface area contributed by atoms with Crippen molar-refractivity contribution >= 4 is 17.6 Å². The van der Waals surface area contributed by atoms with Crippen LogP contribution in [-0.2, 0) is 0 Å². The van der Waals surface area contributed by atoms with Crippen molar-refractivity contribution < 1.29 is 23.5 Å². The van der Waals surface area contributed by atoms with E-state index in [1.54, 1.807) is 54.6 Å². The van der Waals surface area contributed by atoms with Crippen LogP contribution in [-0.4, -0.2) is 18.2 Å². The highest BCUT2D eigenvalue weighted by Crippen LogP contribution is 2.35. The molecular weight excluding hydrogens is 344 g/mol. The number of ketones is 2. The Labute approximate surface area is 155 Å². The van der Waals surface area contributed by atoms with Crippen molar-refractivity contribution in [3.63, 3.8) is 0 Å². The molecule has 4 rings (SSSR count). The summed E-state index contributed by atoms with van der Waals surface area (Å²) in [6.45, 7) is 1.74. The molecule has 0 spiro atoms. The number of fused-ring (bicyclic) bond motifs is 1. The molecule has 0 bridgehead atoms. The molecule has 2 heterocycles. The van der Waals surface area contributed by atoms with Gasteiger partial charge in [-0.25, -0.2) is 0 Å². The summed E-state index contributed by atoms with van der Waals surface area (Å²) in [7, 11) is 0. The number of carbonyl (C=O) groups is 2. The van der Waals surface area contributed by atoms with E-state index in [1.807, 2.05) is 19.1 Å². The minimum Gasteiger partial charge on any atom is -0.485 e. The van der Waals surface area contributed by atoms with Crippen molar-refractivity contribution in [3.05, 3.63) is 89.1 Å². The van der Waals surface area contributed by atoms with Gasteiger partial charge in [0.1, 0.15) is 23.0 Å². The molecule has 0 saturated heterocycles. The third kappa shape index (κ3) is 3.53. The molecule has 0 radical (unpaired) electrons. The first kappa shape index (κ1) is 16.8. The molecule has 0 fully saturated rings. The highest BCUT2D eigenvalue weighted by molar-refractivity contribution is 6.14. The summed E-state index contributed by atoms with van der Waals surface area (Å²) in [5.41, 5.74) is 1.04. The number of aryl methyl sites for hydroxylation is 1. The fraction of sp³-hybridized carbons (Fsp3) is 0.0909. The molecule has 5 heteroatoms. The maximum atomic E-state index is 12.4. The summed E-state index contributed by atoms with van der Waals surface area (Å²) in [6.07, 6.45) is 1.56. The van der Waals surface area contributed by atoms with Crippen molar-refractivity contribution in [3.8, 4) is 11.5 Å². The Hall–Kier alpha value is -3.60. The van der Waals surface area contributed by atoms with E-state index < -0.39 is 0 Å². The minimum absolute atomic E-state index is 0.0921. The Morgan fingerprint density at radius 2 is 1.89 bits per heavy atom. The first-order chi connectivity index (χ1) is 13.1. The molecule has 5 nitrogen and oxygen atoms in total. The number of hydrogen-bond donors (Lipinski definition) is 0. The van der Waals surface area contributed by atoms with E-state index in [4.69, 9.17) is 13.9 Å². The molecule has 1 aliphatic heterocycles. The fourth-order valence-electron chi connectivity index (χ4n) is 2.77. The molecule has 0 amide bonds. The van der Waals surface area contributed by atoms with Crippen LogP contribution in [0.5, 0.6) is 11.5 Å². The highest BCUT2D eigenvalue weighted by Gasteiger charge is 2.28. The third-order valence-electron chi connectivity index (χ3n) is 4.14. The lowest BCUT2D eigenvalue weighted by Gasteiger charge is -2.06. The van der Waals surface area contributed by atoms with E-state index in [0.29, 0.717) is 28.4 Å². The average molecular weight is 360 g/mol. The van der Waals surface area contributed by atoms with Gasteiger partial charge in [-0.3, -0.25) is 9.59 Å². The molecule has 1 aromatic heterocycles. The molecule has 3 aromatic rings. The molecule has 0 aliphatic carbocycles. The zero-order valence-corrected chi connectivity index (χ0v) is 14.6. The van der Waals surface area contributed by atoms with E-state index in [9.17, 15) is 9.59 Å². The van der Waals surface area contributed by atoms with E-state index in [1.165, 1.54) is 0 Å². The lowest BCUT2D eigenvalue weighted by Crippen LogP contribution is -2.11. The van der Waals surface area contributed by atoms with Crippen molar-refractivity contribution in [2.45, 2.75) is 6.92 Å². The number of rotatable bonds is 5. The number of carbonyl (C=O) groups excluding carboxylic acids is 2. The quantitative estimate of drug-likeness (QED) is 0.496. The van der Waals surface area contributed by atoms with Gasteiger partial charge in [-0.2, -0.15) is 0 Å². The maximum absolute atomic E-state index is 12.4. The topological polar surface area (TPSA) is 65.7 Å². The summed E-state index contributed by atoms with van der Waals surface area (Å²) < 4.78 is 16.7. The summed E-state index contributed by atoms with van der Waals surface area (Å²) >= 11 is 0. The highest BCUT2D eigenvalue weighted by atomic mass is 16.5. The normalized spacial score (nSPS) is 14.1. The Morgan fingerprint density at radius 1 is 1.07 bits per heavy atom. The van der Waals surface area contributed by atoms with Gasteiger partial charge in [0.05, 0.1) is 5.56 Å². The first-order valence-electron chi connectivity index (χ1n) is 8.46. The van der Waals surface area contributed by atoms with Crippen LogP contribution in [0.15, 0.2) is 70.8 Å². The predicted octanol–water partition coefficient (Wildman–Crippen LogP) is 4.47. The van der Waals surface area contributed by atoms with Crippen LogP contribution in [0, 0.1) is 6.92 Å². The van der Waals surface area contributed by atoms with Gasteiger partial charge in [0.25, 0.3) is 0 Å². The van der Waals surface area contributed by atoms with Crippen molar-refractivity contribution in [1.82, 2.24) is 0 Å². The molecule has 134 valence electrons. The SMILES string of the molecule is Cc1ccc(/C=C2\Oc3cc(OCC(=O)c4ccccc4)ccc3C2=O)o1. The van der Waals surface area contributed by atoms with Gasteiger partial charge in [0.15, 0.2) is 18.1 Å². The van der Waals surface area contributed by atoms with E-state index in [2.05, 4.69) is 0 Å². The molecule has 0 saturated carbocycles. The average Bonchev–Trinajstić information content (AvgIpc) is 3.23. The first-order valence-corrected chi connectivity index (χ1v) is 8.46. The van der Waals surface area contributed by atoms with Crippen molar-refractivity contribution in [1.29, 1.82) is 0 Å². The standard InChI is InChI=1S/C22H16O5/c1-14-7-8-17(26-14)12-21-22(24)18-10-9-16(11-20(18)27-21)25-13-19(23)15-5-3-2-4-6-15/h2-12H,13H2,1H3/b21-12-. The molecule has 1 aliphatic rings. The van der Waals surface area contributed by atoms with Crippen LogP contribution in [0.4, 0.5) is 0 Å². The lowest BCUT2D eigenvalue weighted by molar-refractivity contribution is 0.0921. The Bertz CT molecular complexity index is 1040. The Kier molecular flexibility index (Phi) is 4.34. The van der Waals surface area contributed by atoms with E-state index >= 15 is 0 Å². The summed E-state index contributed by atoms with van der Waals surface area (Å²) in [5, 5.41) is 0. The molecular formula is C22H16O5. The molecule has 0 atom stereocenters. The minimum atomic E-state index is -0.217. The predicted molar refractivity (Wildman–Crippen MR) is 99.1 cm³/mol. The van der Waals surface area contributed by atoms with Gasteiger partial charge in [-0.15, -0.1) is 0 Å². The molecule has 0 N–H and O–H groups in total. The molecule has 27 heavy (non-hydrogen) atoms. The Morgan fingerprint density at radius 3 is 2.63 bits per heavy atom. The number of ether oxygens (including phenoxy) is 2. The van der Waals surface area contributed by atoms with Gasteiger partial charge in [-0.1, -0.05) is 30.3 Å². The number of hydrogen-bond acceptors (Lipinski definition) is 5. The zero-order valence-electron chi connectivity index (χ0n) is 14.6. The Balaban J connectivity index is 1.48. The van der Waals surface area contributed by atoms with Crippen LogP contribution in [0.3, 0.4) is 0 Å². The second-order valence-electron chi connectivity index (χ2n) is 6.12. The maximum Gasteiger partial charge on any atom is 0.232 e. The zero-order chi connectivity index (χ0) is 18.8. The molecule has 0 unspecified atom stereocenters. The van der Waals surface area contributed by atoms with E-state index in [0.717, 1.165) is 5.76 Å². The largest absolute Gasteiger partial charge is 0.485 e. The van der Waals surface area contributed by atoms with Crippen LogP contribution in [0.25, 0.3) is 6.08 Å². The van der Waals surface area contributed by atoms with Crippen LogP contribution in [0.2, 0.25) is 0 Å². The van der Waals surface area contributed by atoms with Gasteiger partial charge in [0.2, 0.25) is 5.78 Å². The van der Waals surface area contributed by atoms with E-state index in [-0.39, 0.29) is 23.9 Å². The van der Waals surface area contributed by atoms with Crippen LogP contribution >= 0.6 is 0 Å². The van der Waals surface area contributed by atoms with Crippen LogP contribution < -0.4 is 9.47 Å². The number of allylic oxidation sites excluding steroid dienone is 1. The monoisotopic (exact) mass is 360 g/mol. The van der Waals surface area contributed by atoms with Gasteiger partial charge >= 0.3 is 0 Å². The van der Waals surface area contributed by atoms with Crippen LogP contribution in [0.1, 0.15) is 32.2 Å². The summed E-state index contributed by atoms with van der Waals surface area (Å²) in [6, 6.07) is 17.4. The van der Waals surface area contributed by atoms with Gasteiger partial charge in [0, 0.05) is 17.7 Å². The van der Waals surface area contributed by atoms with Gasteiger partial charge in [-0.05, 0) is 31.2 Å². The third-order valence-corrected chi connectivity index (χ3v) is 4.14. The lowest BCUT2D eigenvalue weighted by atomic mass is 10.1. The smallest absolute Gasteiger partial charge is 0.232 e. The van der Waals surface area contributed by atoms with Crippen molar-refractivity contribution in [2.75, 3.05) is 6.61 Å². The summed E-state index contributed by atoms with van der Waals surface area (Å²) in [4.78, 5) is 24.6. The number of furan rings is 1. The summed E-state index contributed by atoms with van der Waals surface area (Å²) in [5.74, 6) is 2.02. The van der Waals surface area contributed by atoms with Gasteiger partial charge < -0.3 is 13.9 Å². The second-order valence-corrected chi connectivity index (χ2v) is 6.12. The fourth-order valence-corrected chi connectivity index (χ4v) is 2.77. The second kappa shape index (κ2) is 6.96. The number of Topliss-reactive ketones (excluding diaryl/α,β-unsaturated/α-hetero) is 2. The number of benzene rings is 2.